The summed E-state index contributed by atoms with van der Waals surface area (Å²) in [6.07, 6.45) is 2.57. The summed E-state index contributed by atoms with van der Waals surface area (Å²) >= 11 is 0. The molecule has 1 unspecified atom stereocenters. The van der Waals surface area contributed by atoms with Crippen molar-refractivity contribution < 1.29 is 4.79 Å². The highest BCUT2D eigenvalue weighted by Gasteiger charge is 2.25. The molecule has 1 aliphatic heterocycles. The third-order valence-corrected chi connectivity index (χ3v) is 4.20. The zero-order valence-electron chi connectivity index (χ0n) is 12.9. The Morgan fingerprint density at radius 2 is 2.35 bits per heavy atom. The Labute approximate surface area is 134 Å². The molecule has 1 aromatic heterocycles. The fourth-order valence-electron chi connectivity index (χ4n) is 2.95. The second-order valence-electron chi connectivity index (χ2n) is 5.89. The van der Waals surface area contributed by atoms with Gasteiger partial charge in [-0.05, 0) is 30.5 Å². The predicted molar refractivity (Wildman–Crippen MR) is 83.4 cm³/mol. The fraction of sp³-hybridized carbons (Fsp3) is 0.375. The number of nitrogens with two attached hydrogens (primary N) is 1. The van der Waals surface area contributed by atoms with Crippen molar-refractivity contribution in [3.8, 4) is 6.07 Å². The van der Waals surface area contributed by atoms with Crippen LogP contribution in [0.15, 0.2) is 24.4 Å². The Morgan fingerprint density at radius 1 is 1.52 bits per heavy atom. The third kappa shape index (κ3) is 3.22. The molecule has 0 saturated carbocycles. The molecule has 1 saturated heterocycles. The number of hydrogen-bond donors (Lipinski definition) is 1. The van der Waals surface area contributed by atoms with Crippen LogP contribution < -0.4 is 5.73 Å². The highest BCUT2D eigenvalue weighted by atomic mass is 16.1. The molecule has 7 nitrogen and oxygen atoms in total. The lowest BCUT2D eigenvalue weighted by Gasteiger charge is -2.16. The van der Waals surface area contributed by atoms with Gasteiger partial charge in [-0.25, -0.2) is 4.68 Å². The Bertz CT molecular complexity index is 775. The highest BCUT2D eigenvalue weighted by molar-refractivity contribution is 5.90. The molecular formula is C16H18N6O. The largest absolute Gasteiger partial charge is 0.364 e. The topological polar surface area (TPSA) is 101 Å². The van der Waals surface area contributed by atoms with Crippen LogP contribution in [0.1, 0.15) is 39.6 Å². The van der Waals surface area contributed by atoms with E-state index in [4.69, 9.17) is 11.0 Å². The number of hydrogen-bond acceptors (Lipinski definition) is 5. The molecule has 2 N–H and O–H groups in total. The van der Waals surface area contributed by atoms with Gasteiger partial charge in [-0.1, -0.05) is 17.3 Å². The molecule has 3 rings (SSSR count). The average molecular weight is 310 g/mol. The number of rotatable bonds is 4. The van der Waals surface area contributed by atoms with Gasteiger partial charge in [0.15, 0.2) is 5.69 Å². The second kappa shape index (κ2) is 6.18. The number of aromatic nitrogens is 3. The third-order valence-electron chi connectivity index (χ3n) is 4.20. The van der Waals surface area contributed by atoms with Gasteiger partial charge in [0.2, 0.25) is 0 Å². The number of carbonyl (C=O) groups is 1. The summed E-state index contributed by atoms with van der Waals surface area (Å²) in [6, 6.07) is 8.32. The number of aryl methyl sites for hydroxylation is 1. The van der Waals surface area contributed by atoms with E-state index < -0.39 is 5.91 Å². The number of nitriles is 1. The van der Waals surface area contributed by atoms with Crippen LogP contribution in [-0.4, -0.2) is 38.9 Å². The van der Waals surface area contributed by atoms with Crippen molar-refractivity contribution in [3.05, 3.63) is 46.8 Å². The van der Waals surface area contributed by atoms with Crippen LogP contribution >= 0.6 is 0 Å². The molecule has 2 aromatic rings. The molecule has 1 aromatic carbocycles. The van der Waals surface area contributed by atoms with Gasteiger partial charge in [0.05, 0.1) is 23.9 Å². The first-order valence-corrected chi connectivity index (χ1v) is 7.50. The second-order valence-corrected chi connectivity index (χ2v) is 5.89. The van der Waals surface area contributed by atoms with Crippen LogP contribution in [0.4, 0.5) is 0 Å². The summed E-state index contributed by atoms with van der Waals surface area (Å²) in [5.41, 5.74) is 8.32. The summed E-state index contributed by atoms with van der Waals surface area (Å²) in [5.74, 6) is -0.556. The standard InChI is InChI=1S/C16H18N6O/c1-11-6-12(2-3-13(11)7-17)8-21-5-4-14(9-21)22-10-15(16(18)23)19-20-22/h2-3,6,10,14H,4-5,8-9H2,1H3,(H2,18,23). The zero-order chi connectivity index (χ0) is 16.4. The van der Waals surface area contributed by atoms with Crippen molar-refractivity contribution in [2.75, 3.05) is 13.1 Å². The summed E-state index contributed by atoms with van der Waals surface area (Å²) in [6.45, 7) is 4.59. The molecule has 0 aliphatic carbocycles. The SMILES string of the molecule is Cc1cc(CN2CCC(n3cc(C(N)=O)nn3)C2)ccc1C#N. The van der Waals surface area contributed by atoms with Crippen LogP contribution in [0, 0.1) is 18.3 Å². The van der Waals surface area contributed by atoms with E-state index in [-0.39, 0.29) is 11.7 Å². The summed E-state index contributed by atoms with van der Waals surface area (Å²) in [5, 5.41) is 16.8. The molecule has 0 bridgehead atoms. The monoisotopic (exact) mass is 310 g/mol. The van der Waals surface area contributed by atoms with E-state index in [1.807, 2.05) is 19.1 Å². The van der Waals surface area contributed by atoms with Gasteiger partial charge in [-0.3, -0.25) is 9.69 Å². The number of amides is 1. The highest BCUT2D eigenvalue weighted by Crippen LogP contribution is 2.23. The minimum Gasteiger partial charge on any atom is -0.364 e. The molecule has 0 spiro atoms. The minimum atomic E-state index is -0.556. The Kier molecular flexibility index (Phi) is 4.08. The van der Waals surface area contributed by atoms with Crippen molar-refractivity contribution in [1.82, 2.24) is 19.9 Å². The maximum Gasteiger partial charge on any atom is 0.270 e. The molecule has 1 amide bonds. The maximum absolute atomic E-state index is 11.1. The van der Waals surface area contributed by atoms with Crippen molar-refractivity contribution in [1.29, 1.82) is 5.26 Å². The maximum atomic E-state index is 11.1. The quantitative estimate of drug-likeness (QED) is 0.908. The van der Waals surface area contributed by atoms with E-state index in [0.717, 1.165) is 37.2 Å². The van der Waals surface area contributed by atoms with Crippen LogP contribution in [0.2, 0.25) is 0 Å². The number of carbonyl (C=O) groups excluding carboxylic acids is 1. The number of likely N-dealkylation sites (tertiary alicyclic amines) is 1. The molecular weight excluding hydrogens is 292 g/mol. The van der Waals surface area contributed by atoms with Crippen LogP contribution in [0.3, 0.4) is 0 Å². The van der Waals surface area contributed by atoms with Gasteiger partial charge in [-0.15, -0.1) is 5.10 Å². The van der Waals surface area contributed by atoms with Crippen molar-refractivity contribution in [2.24, 2.45) is 5.73 Å². The Balaban J connectivity index is 1.64. The molecule has 7 heteroatoms. The number of nitrogens with zero attached hydrogens (tertiary/aromatic N) is 5. The average Bonchev–Trinajstić information content (AvgIpc) is 3.16. The van der Waals surface area contributed by atoms with E-state index >= 15 is 0 Å². The lowest BCUT2D eigenvalue weighted by molar-refractivity contribution is 0.0995. The first kappa shape index (κ1) is 15.2. The minimum absolute atomic E-state index is 0.200. The van der Waals surface area contributed by atoms with Crippen LogP contribution in [-0.2, 0) is 6.54 Å². The lowest BCUT2D eigenvalue weighted by Crippen LogP contribution is -2.21. The van der Waals surface area contributed by atoms with Gasteiger partial charge < -0.3 is 5.73 Å². The van der Waals surface area contributed by atoms with E-state index in [2.05, 4.69) is 27.3 Å². The first-order chi connectivity index (χ1) is 11.1. The molecule has 1 atom stereocenters. The lowest BCUT2D eigenvalue weighted by atomic mass is 10.1. The van der Waals surface area contributed by atoms with Crippen LogP contribution in [0.5, 0.6) is 0 Å². The van der Waals surface area contributed by atoms with E-state index in [1.165, 1.54) is 5.56 Å². The van der Waals surface area contributed by atoms with Gasteiger partial charge in [-0.2, -0.15) is 5.26 Å². The van der Waals surface area contributed by atoms with E-state index in [0.29, 0.717) is 0 Å². The van der Waals surface area contributed by atoms with Crippen LogP contribution in [0.25, 0.3) is 0 Å². The normalized spacial score (nSPS) is 18.0. The fourth-order valence-corrected chi connectivity index (χ4v) is 2.95. The number of primary amides is 1. The van der Waals surface area contributed by atoms with Crippen molar-refractivity contribution in [3.63, 3.8) is 0 Å². The van der Waals surface area contributed by atoms with Gasteiger partial charge in [0, 0.05) is 19.6 Å². The molecule has 0 radical (unpaired) electrons. The summed E-state index contributed by atoms with van der Waals surface area (Å²) in [4.78, 5) is 13.4. The number of benzene rings is 1. The van der Waals surface area contributed by atoms with Crippen molar-refractivity contribution >= 4 is 5.91 Å². The zero-order valence-corrected chi connectivity index (χ0v) is 12.9. The molecule has 1 fully saturated rings. The smallest absolute Gasteiger partial charge is 0.270 e. The molecule has 2 heterocycles. The van der Waals surface area contributed by atoms with Crippen molar-refractivity contribution in [2.45, 2.75) is 25.9 Å². The molecule has 118 valence electrons. The van der Waals surface area contributed by atoms with Gasteiger partial charge in [0.25, 0.3) is 5.91 Å². The predicted octanol–water partition coefficient (Wildman–Crippen LogP) is 1.00. The Hall–Kier alpha value is -2.72. The molecule has 1 aliphatic rings. The summed E-state index contributed by atoms with van der Waals surface area (Å²) in [7, 11) is 0. The van der Waals surface area contributed by atoms with E-state index in [1.54, 1.807) is 10.9 Å². The van der Waals surface area contributed by atoms with Gasteiger partial charge >= 0.3 is 0 Å². The Morgan fingerprint density at radius 3 is 3.00 bits per heavy atom. The summed E-state index contributed by atoms with van der Waals surface area (Å²) < 4.78 is 1.73. The molecule has 23 heavy (non-hydrogen) atoms. The first-order valence-electron chi connectivity index (χ1n) is 7.50. The van der Waals surface area contributed by atoms with Gasteiger partial charge in [0.1, 0.15) is 0 Å². The van der Waals surface area contributed by atoms with E-state index in [9.17, 15) is 4.79 Å².